The van der Waals surface area contributed by atoms with E-state index in [9.17, 15) is 14.4 Å². The molecule has 6 nitrogen and oxygen atoms in total. The van der Waals surface area contributed by atoms with Crippen molar-refractivity contribution >= 4 is 17.9 Å². The van der Waals surface area contributed by atoms with E-state index in [1.165, 1.54) is 180 Å². The largest absolute Gasteiger partial charge is 0.462 e. The second-order valence-electron chi connectivity index (χ2n) is 20.0. The summed E-state index contributed by atoms with van der Waals surface area (Å²) in [5, 5.41) is 0. The first-order chi connectivity index (χ1) is 33.5. The second-order valence-corrected chi connectivity index (χ2v) is 20.0. The Kier molecular flexibility index (Phi) is 54.8. The maximum absolute atomic E-state index is 12.9. The molecular formula is C62H112O6. The normalized spacial score (nSPS) is 12.3. The fourth-order valence-corrected chi connectivity index (χ4v) is 8.62. The quantitative estimate of drug-likeness (QED) is 0.0199. The van der Waals surface area contributed by atoms with E-state index < -0.39 is 6.10 Å². The van der Waals surface area contributed by atoms with Crippen molar-refractivity contribution in [1.82, 2.24) is 0 Å². The van der Waals surface area contributed by atoms with Crippen molar-refractivity contribution in [2.24, 2.45) is 0 Å². The lowest BCUT2D eigenvalue weighted by Crippen LogP contribution is -2.30. The van der Waals surface area contributed by atoms with Gasteiger partial charge < -0.3 is 14.2 Å². The van der Waals surface area contributed by atoms with Gasteiger partial charge in [0.05, 0.1) is 0 Å². The number of unbranched alkanes of at least 4 members (excludes halogenated alkanes) is 37. The van der Waals surface area contributed by atoms with Gasteiger partial charge in [-0.15, -0.1) is 0 Å². The topological polar surface area (TPSA) is 78.9 Å². The molecule has 6 heteroatoms. The summed E-state index contributed by atoms with van der Waals surface area (Å²) < 4.78 is 16.9. The molecular weight excluding hydrogens is 841 g/mol. The lowest BCUT2D eigenvalue weighted by atomic mass is 10.0. The van der Waals surface area contributed by atoms with Crippen LogP contribution in [0.3, 0.4) is 0 Å². The van der Waals surface area contributed by atoms with E-state index in [4.69, 9.17) is 14.2 Å². The summed E-state index contributed by atoms with van der Waals surface area (Å²) in [5.74, 6) is -0.893. The Balaban J connectivity index is 4.40. The fourth-order valence-electron chi connectivity index (χ4n) is 8.62. The highest BCUT2D eigenvalue weighted by Gasteiger charge is 2.19. The molecule has 396 valence electrons. The Labute approximate surface area is 422 Å². The van der Waals surface area contributed by atoms with Gasteiger partial charge >= 0.3 is 17.9 Å². The summed E-state index contributed by atoms with van der Waals surface area (Å²) in [6, 6.07) is 0. The number of esters is 3. The third kappa shape index (κ3) is 54.3. The molecule has 0 saturated heterocycles. The number of hydrogen-bond donors (Lipinski definition) is 0. The Morgan fingerprint density at radius 2 is 0.544 bits per heavy atom. The van der Waals surface area contributed by atoms with Crippen molar-refractivity contribution in [3.05, 3.63) is 48.6 Å². The SMILES string of the molecule is CCCCCCC\C=C/C=C\C=C/CCCCCCCC(=O)OCC(COC(=O)CCCCCCCCCCCCCCCC)OC(=O)CCCCCCC/C=C\CCCCCCCCCCC. The molecule has 0 heterocycles. The van der Waals surface area contributed by atoms with E-state index in [1.54, 1.807) is 0 Å². The molecule has 0 rings (SSSR count). The maximum atomic E-state index is 12.9. The summed E-state index contributed by atoms with van der Waals surface area (Å²) in [6.45, 7) is 6.64. The monoisotopic (exact) mass is 953 g/mol. The van der Waals surface area contributed by atoms with Gasteiger partial charge in [0.25, 0.3) is 0 Å². The molecule has 0 aromatic carbocycles. The first-order valence-corrected chi connectivity index (χ1v) is 29.7. The molecule has 0 aliphatic heterocycles. The molecule has 0 aliphatic carbocycles. The highest BCUT2D eigenvalue weighted by molar-refractivity contribution is 5.71. The van der Waals surface area contributed by atoms with Crippen molar-refractivity contribution in [2.45, 2.75) is 316 Å². The minimum Gasteiger partial charge on any atom is -0.462 e. The zero-order valence-electron chi connectivity index (χ0n) is 45.4. The van der Waals surface area contributed by atoms with E-state index in [0.717, 1.165) is 89.9 Å². The second kappa shape index (κ2) is 57.0. The molecule has 0 spiro atoms. The van der Waals surface area contributed by atoms with Crippen LogP contribution in [0.2, 0.25) is 0 Å². The van der Waals surface area contributed by atoms with Crippen LogP contribution in [0, 0.1) is 0 Å². The van der Waals surface area contributed by atoms with Crippen LogP contribution in [-0.4, -0.2) is 37.2 Å². The summed E-state index contributed by atoms with van der Waals surface area (Å²) >= 11 is 0. The molecule has 1 unspecified atom stereocenters. The molecule has 0 aromatic rings. The fraction of sp³-hybridized carbons (Fsp3) is 0.823. The molecule has 0 saturated carbocycles. The summed E-state index contributed by atoms with van der Waals surface area (Å²) in [5.41, 5.74) is 0. The van der Waals surface area contributed by atoms with Crippen molar-refractivity contribution < 1.29 is 28.6 Å². The van der Waals surface area contributed by atoms with Crippen molar-refractivity contribution in [3.8, 4) is 0 Å². The van der Waals surface area contributed by atoms with Crippen molar-refractivity contribution in [2.75, 3.05) is 13.2 Å². The van der Waals surface area contributed by atoms with Crippen LogP contribution in [0.5, 0.6) is 0 Å². The van der Waals surface area contributed by atoms with Crippen LogP contribution in [0.25, 0.3) is 0 Å². The van der Waals surface area contributed by atoms with E-state index in [0.29, 0.717) is 19.3 Å². The Morgan fingerprint density at radius 1 is 0.294 bits per heavy atom. The van der Waals surface area contributed by atoms with Gasteiger partial charge in [-0.1, -0.05) is 268 Å². The first kappa shape index (κ1) is 65.4. The number of allylic oxidation sites excluding steroid dienone is 8. The molecule has 68 heavy (non-hydrogen) atoms. The third-order valence-corrected chi connectivity index (χ3v) is 13.1. The number of carbonyl (C=O) groups excluding carboxylic acids is 3. The average molecular weight is 954 g/mol. The molecule has 0 fully saturated rings. The lowest BCUT2D eigenvalue weighted by molar-refractivity contribution is -0.167. The van der Waals surface area contributed by atoms with Gasteiger partial charge in [-0.3, -0.25) is 14.4 Å². The molecule has 0 N–H and O–H groups in total. The van der Waals surface area contributed by atoms with Gasteiger partial charge in [0.2, 0.25) is 0 Å². The van der Waals surface area contributed by atoms with E-state index in [-0.39, 0.29) is 31.1 Å². The number of carbonyl (C=O) groups is 3. The van der Waals surface area contributed by atoms with E-state index in [1.807, 2.05) is 0 Å². The smallest absolute Gasteiger partial charge is 0.306 e. The summed E-state index contributed by atoms with van der Waals surface area (Å²) in [4.78, 5) is 38.2. The van der Waals surface area contributed by atoms with Gasteiger partial charge in [-0.05, 0) is 70.6 Å². The third-order valence-electron chi connectivity index (χ3n) is 13.1. The molecule has 1 atom stereocenters. The highest BCUT2D eigenvalue weighted by Crippen LogP contribution is 2.16. The molecule has 0 aromatic heterocycles. The zero-order chi connectivity index (χ0) is 49.3. The predicted molar refractivity (Wildman–Crippen MR) is 293 cm³/mol. The summed E-state index contributed by atoms with van der Waals surface area (Å²) in [7, 11) is 0. The number of ether oxygens (including phenoxy) is 3. The highest BCUT2D eigenvalue weighted by atomic mass is 16.6. The van der Waals surface area contributed by atoms with Gasteiger partial charge in [-0.25, -0.2) is 0 Å². The van der Waals surface area contributed by atoms with Crippen molar-refractivity contribution in [1.29, 1.82) is 0 Å². The first-order valence-electron chi connectivity index (χ1n) is 29.7. The van der Waals surface area contributed by atoms with Crippen LogP contribution in [0.4, 0.5) is 0 Å². The van der Waals surface area contributed by atoms with Crippen LogP contribution in [0.1, 0.15) is 310 Å². The molecule has 0 aliphatic rings. The summed E-state index contributed by atoms with van der Waals surface area (Å²) in [6.07, 6.45) is 69.5. The van der Waals surface area contributed by atoms with E-state index in [2.05, 4.69) is 69.4 Å². The van der Waals surface area contributed by atoms with E-state index >= 15 is 0 Å². The minimum atomic E-state index is -0.784. The van der Waals surface area contributed by atoms with Crippen LogP contribution in [0.15, 0.2) is 48.6 Å². The Morgan fingerprint density at radius 3 is 0.853 bits per heavy atom. The van der Waals surface area contributed by atoms with Crippen LogP contribution in [-0.2, 0) is 28.6 Å². The number of hydrogen-bond acceptors (Lipinski definition) is 6. The Bertz CT molecular complexity index is 1190. The number of rotatable bonds is 54. The van der Waals surface area contributed by atoms with Crippen LogP contribution >= 0.6 is 0 Å². The maximum Gasteiger partial charge on any atom is 0.306 e. The minimum absolute atomic E-state index is 0.0801. The average Bonchev–Trinajstić information content (AvgIpc) is 3.34. The van der Waals surface area contributed by atoms with Gasteiger partial charge in [0.1, 0.15) is 13.2 Å². The van der Waals surface area contributed by atoms with Crippen molar-refractivity contribution in [3.63, 3.8) is 0 Å². The van der Waals surface area contributed by atoms with Gasteiger partial charge in [0, 0.05) is 19.3 Å². The molecule has 0 amide bonds. The zero-order valence-corrected chi connectivity index (χ0v) is 45.4. The predicted octanol–water partition coefficient (Wildman–Crippen LogP) is 19.8. The standard InChI is InChI=1S/C62H112O6/c1-4-7-10-13-16-19-22-25-28-30-32-34-37-40-43-46-49-52-55-61(64)67-58-59(57-66-60(63)54-51-48-45-42-39-36-27-24-21-18-15-12-9-6-3)68-62(65)56-53-50-47-44-41-38-35-33-31-29-26-23-20-17-14-11-8-5-2/h22,25,28,30,32-35,59H,4-21,23-24,26-27,29,31,36-58H2,1-3H3/b25-22-,30-28-,34-32-,35-33-. The molecule has 0 bridgehead atoms. The lowest BCUT2D eigenvalue weighted by Gasteiger charge is -2.18. The Hall–Kier alpha value is -2.63. The molecule has 0 radical (unpaired) electrons. The van der Waals surface area contributed by atoms with Crippen LogP contribution < -0.4 is 0 Å². The van der Waals surface area contributed by atoms with Gasteiger partial charge in [0.15, 0.2) is 6.10 Å². The van der Waals surface area contributed by atoms with Gasteiger partial charge in [-0.2, -0.15) is 0 Å².